The SMILES string of the molecule is COc1ccccc1CN(C(=O)CC(C)C1CCCNC1)C1CC1. The standard InChI is InChI=1S/C20H30N2O2/c1-15(16-7-5-11-21-13-16)12-20(23)22(18-9-10-18)14-17-6-3-4-8-19(17)24-2/h3-4,6,8,15-16,18,21H,5,7,9-14H2,1-2H3. The number of nitrogens with one attached hydrogen (secondary N) is 1. The van der Waals surface area contributed by atoms with E-state index in [0.717, 1.165) is 37.2 Å². The summed E-state index contributed by atoms with van der Waals surface area (Å²) in [4.78, 5) is 15.0. The summed E-state index contributed by atoms with van der Waals surface area (Å²) in [6.07, 6.45) is 5.42. The average molecular weight is 330 g/mol. The first-order chi connectivity index (χ1) is 11.7. The van der Waals surface area contributed by atoms with Crippen molar-refractivity contribution in [3.63, 3.8) is 0 Å². The Kier molecular flexibility index (Phi) is 5.77. The second-order valence-electron chi connectivity index (χ2n) is 7.35. The Balaban J connectivity index is 1.63. The maximum Gasteiger partial charge on any atom is 0.223 e. The quantitative estimate of drug-likeness (QED) is 0.835. The lowest BCUT2D eigenvalue weighted by Crippen LogP contribution is -2.38. The van der Waals surface area contributed by atoms with Crippen molar-refractivity contribution < 1.29 is 9.53 Å². The van der Waals surface area contributed by atoms with Crippen molar-refractivity contribution in [2.45, 2.75) is 51.6 Å². The Morgan fingerprint density at radius 3 is 2.79 bits per heavy atom. The van der Waals surface area contributed by atoms with Gasteiger partial charge < -0.3 is 15.0 Å². The third-order valence-electron chi connectivity index (χ3n) is 5.48. The van der Waals surface area contributed by atoms with Crippen LogP contribution in [0.3, 0.4) is 0 Å². The molecule has 0 radical (unpaired) electrons. The van der Waals surface area contributed by atoms with Gasteiger partial charge in [0, 0.05) is 24.6 Å². The van der Waals surface area contributed by atoms with E-state index < -0.39 is 0 Å². The first-order valence-electron chi connectivity index (χ1n) is 9.31. The van der Waals surface area contributed by atoms with Crippen LogP contribution in [0.1, 0.15) is 44.6 Å². The van der Waals surface area contributed by atoms with E-state index in [9.17, 15) is 4.79 Å². The molecule has 1 aromatic rings. The summed E-state index contributed by atoms with van der Waals surface area (Å²) in [6.45, 7) is 5.09. The number of rotatable bonds is 7. The van der Waals surface area contributed by atoms with Crippen molar-refractivity contribution in [3.8, 4) is 5.75 Å². The molecule has 1 heterocycles. The Bertz CT molecular complexity index is 550. The van der Waals surface area contributed by atoms with Crippen molar-refractivity contribution in [2.75, 3.05) is 20.2 Å². The molecule has 1 amide bonds. The monoisotopic (exact) mass is 330 g/mol. The maximum absolute atomic E-state index is 12.9. The molecular weight excluding hydrogens is 300 g/mol. The minimum Gasteiger partial charge on any atom is -0.496 e. The molecule has 4 nitrogen and oxygen atoms in total. The van der Waals surface area contributed by atoms with Gasteiger partial charge in [0.1, 0.15) is 5.75 Å². The van der Waals surface area contributed by atoms with Crippen molar-refractivity contribution >= 4 is 5.91 Å². The highest BCUT2D eigenvalue weighted by molar-refractivity contribution is 5.77. The summed E-state index contributed by atoms with van der Waals surface area (Å²) in [7, 11) is 1.69. The largest absolute Gasteiger partial charge is 0.496 e. The van der Waals surface area contributed by atoms with Crippen LogP contribution in [0.5, 0.6) is 5.75 Å². The lowest BCUT2D eigenvalue weighted by Gasteiger charge is -2.30. The molecule has 0 bridgehead atoms. The molecule has 1 aromatic carbocycles. The minimum atomic E-state index is 0.307. The number of nitrogens with zero attached hydrogens (tertiary/aromatic N) is 1. The van der Waals surface area contributed by atoms with E-state index in [4.69, 9.17) is 4.74 Å². The summed E-state index contributed by atoms with van der Waals surface area (Å²) in [5.41, 5.74) is 1.10. The van der Waals surface area contributed by atoms with Gasteiger partial charge in [-0.3, -0.25) is 4.79 Å². The molecule has 2 fully saturated rings. The molecule has 0 spiro atoms. The van der Waals surface area contributed by atoms with E-state index in [1.807, 2.05) is 18.2 Å². The number of carbonyl (C=O) groups is 1. The molecule has 2 aliphatic rings. The molecule has 2 unspecified atom stereocenters. The topological polar surface area (TPSA) is 41.6 Å². The highest BCUT2D eigenvalue weighted by Gasteiger charge is 2.34. The van der Waals surface area contributed by atoms with Gasteiger partial charge in [0.25, 0.3) is 0 Å². The van der Waals surface area contributed by atoms with E-state index in [1.165, 1.54) is 12.8 Å². The number of para-hydroxylation sites is 1. The Hall–Kier alpha value is -1.55. The Morgan fingerprint density at radius 2 is 2.12 bits per heavy atom. The van der Waals surface area contributed by atoms with Crippen LogP contribution >= 0.6 is 0 Å². The smallest absolute Gasteiger partial charge is 0.223 e. The molecule has 4 heteroatoms. The van der Waals surface area contributed by atoms with Gasteiger partial charge in [-0.05, 0) is 56.7 Å². The first-order valence-corrected chi connectivity index (χ1v) is 9.31. The third kappa shape index (κ3) is 4.29. The molecule has 0 aromatic heterocycles. The normalized spacial score (nSPS) is 22.0. The molecule has 1 N–H and O–H groups in total. The molecule has 132 valence electrons. The summed E-state index contributed by atoms with van der Waals surface area (Å²) in [5, 5.41) is 3.47. The van der Waals surface area contributed by atoms with Crippen molar-refractivity contribution in [1.29, 1.82) is 0 Å². The zero-order chi connectivity index (χ0) is 16.9. The number of benzene rings is 1. The molecule has 2 atom stereocenters. The van der Waals surface area contributed by atoms with Crippen LogP contribution in [-0.4, -0.2) is 37.0 Å². The maximum atomic E-state index is 12.9. The van der Waals surface area contributed by atoms with Crippen LogP contribution < -0.4 is 10.1 Å². The van der Waals surface area contributed by atoms with Gasteiger partial charge in [0.05, 0.1) is 7.11 Å². The summed E-state index contributed by atoms with van der Waals surface area (Å²) in [6, 6.07) is 8.46. The number of carbonyl (C=O) groups excluding carboxylic acids is 1. The average Bonchev–Trinajstić information content (AvgIpc) is 3.45. The van der Waals surface area contributed by atoms with Gasteiger partial charge in [-0.25, -0.2) is 0 Å². The number of ether oxygens (including phenoxy) is 1. The van der Waals surface area contributed by atoms with Crippen LogP contribution in [0, 0.1) is 11.8 Å². The molecule has 1 aliphatic heterocycles. The van der Waals surface area contributed by atoms with E-state index in [2.05, 4.69) is 23.2 Å². The van der Waals surface area contributed by atoms with E-state index in [1.54, 1.807) is 7.11 Å². The van der Waals surface area contributed by atoms with Crippen LogP contribution in [0.2, 0.25) is 0 Å². The van der Waals surface area contributed by atoms with Gasteiger partial charge in [-0.1, -0.05) is 25.1 Å². The lowest BCUT2D eigenvalue weighted by molar-refractivity contribution is -0.133. The van der Waals surface area contributed by atoms with Crippen LogP contribution in [0.25, 0.3) is 0 Å². The zero-order valence-corrected chi connectivity index (χ0v) is 15.0. The van der Waals surface area contributed by atoms with Gasteiger partial charge in [0.2, 0.25) is 5.91 Å². The molecular formula is C20H30N2O2. The number of amides is 1. The second-order valence-corrected chi connectivity index (χ2v) is 7.35. The van der Waals surface area contributed by atoms with E-state index in [0.29, 0.717) is 36.8 Å². The fraction of sp³-hybridized carbons (Fsp3) is 0.650. The fourth-order valence-corrected chi connectivity index (χ4v) is 3.75. The highest BCUT2D eigenvalue weighted by atomic mass is 16.5. The molecule has 1 aliphatic carbocycles. The lowest BCUT2D eigenvalue weighted by atomic mass is 9.85. The number of methoxy groups -OCH3 is 1. The third-order valence-corrected chi connectivity index (χ3v) is 5.48. The fourth-order valence-electron chi connectivity index (χ4n) is 3.75. The summed E-state index contributed by atoms with van der Waals surface area (Å²) in [5.74, 6) is 2.26. The number of hydrogen-bond acceptors (Lipinski definition) is 3. The minimum absolute atomic E-state index is 0.307. The molecule has 24 heavy (non-hydrogen) atoms. The zero-order valence-electron chi connectivity index (χ0n) is 15.0. The number of piperidine rings is 1. The highest BCUT2D eigenvalue weighted by Crippen LogP contribution is 2.32. The van der Waals surface area contributed by atoms with Crippen LogP contribution in [0.4, 0.5) is 0 Å². The number of hydrogen-bond donors (Lipinski definition) is 1. The van der Waals surface area contributed by atoms with E-state index >= 15 is 0 Å². The van der Waals surface area contributed by atoms with Gasteiger partial charge in [-0.15, -0.1) is 0 Å². The Labute approximate surface area is 145 Å². The van der Waals surface area contributed by atoms with Crippen molar-refractivity contribution in [3.05, 3.63) is 29.8 Å². The Morgan fingerprint density at radius 1 is 1.33 bits per heavy atom. The first kappa shape index (κ1) is 17.3. The summed E-state index contributed by atoms with van der Waals surface area (Å²) >= 11 is 0. The van der Waals surface area contributed by atoms with Crippen LogP contribution in [0.15, 0.2) is 24.3 Å². The van der Waals surface area contributed by atoms with Crippen molar-refractivity contribution in [1.82, 2.24) is 10.2 Å². The van der Waals surface area contributed by atoms with Gasteiger partial charge in [-0.2, -0.15) is 0 Å². The molecule has 3 rings (SSSR count). The second kappa shape index (κ2) is 8.02. The van der Waals surface area contributed by atoms with Gasteiger partial charge in [0.15, 0.2) is 0 Å². The van der Waals surface area contributed by atoms with E-state index in [-0.39, 0.29) is 0 Å². The molecule has 1 saturated carbocycles. The van der Waals surface area contributed by atoms with Crippen molar-refractivity contribution in [2.24, 2.45) is 11.8 Å². The predicted octanol–water partition coefficient (Wildman–Crippen LogP) is 3.21. The van der Waals surface area contributed by atoms with Gasteiger partial charge >= 0.3 is 0 Å². The summed E-state index contributed by atoms with van der Waals surface area (Å²) < 4.78 is 5.46. The van der Waals surface area contributed by atoms with Crippen LogP contribution in [-0.2, 0) is 11.3 Å². The molecule has 1 saturated heterocycles. The predicted molar refractivity (Wildman–Crippen MR) is 95.9 cm³/mol.